The number of benzene rings is 1. The molecule has 31 heavy (non-hydrogen) atoms. The molecule has 2 aromatic rings. The van der Waals surface area contributed by atoms with Crippen LogP contribution in [-0.2, 0) is 11.3 Å². The summed E-state index contributed by atoms with van der Waals surface area (Å²) in [6, 6.07) is 10.3. The number of aromatic nitrogens is 1. The van der Waals surface area contributed by atoms with Crippen LogP contribution in [0.2, 0.25) is 0 Å². The van der Waals surface area contributed by atoms with Gasteiger partial charge in [0.1, 0.15) is 17.7 Å². The number of hydrogen-bond donors (Lipinski definition) is 4. The van der Waals surface area contributed by atoms with Crippen molar-refractivity contribution in [1.29, 1.82) is 0 Å². The summed E-state index contributed by atoms with van der Waals surface area (Å²) in [4.78, 5) is 19.4. The van der Waals surface area contributed by atoms with E-state index >= 15 is 0 Å². The van der Waals surface area contributed by atoms with Gasteiger partial charge in [-0.15, -0.1) is 0 Å². The van der Waals surface area contributed by atoms with Gasteiger partial charge in [0.2, 0.25) is 5.91 Å². The Labute approximate surface area is 182 Å². The van der Waals surface area contributed by atoms with Crippen LogP contribution < -0.4 is 21.1 Å². The Balaban J connectivity index is 1.28. The van der Waals surface area contributed by atoms with Crippen LogP contribution in [0.1, 0.15) is 49.3 Å². The Morgan fingerprint density at radius 1 is 1.19 bits per heavy atom. The van der Waals surface area contributed by atoms with Crippen LogP contribution >= 0.6 is 0 Å². The van der Waals surface area contributed by atoms with E-state index in [4.69, 9.17) is 0 Å². The van der Waals surface area contributed by atoms with Crippen LogP contribution in [0.4, 0.5) is 10.2 Å². The Bertz CT molecular complexity index is 859. The lowest BCUT2D eigenvalue weighted by Crippen LogP contribution is -2.43. The summed E-state index contributed by atoms with van der Waals surface area (Å²) in [7, 11) is 0. The topological polar surface area (TPSA) is 89.5 Å². The lowest BCUT2D eigenvalue weighted by atomic mass is 9.99. The van der Waals surface area contributed by atoms with E-state index in [1.54, 1.807) is 12.1 Å². The van der Waals surface area contributed by atoms with Crippen LogP contribution in [0.3, 0.4) is 0 Å². The maximum absolute atomic E-state index is 13.1. The van der Waals surface area contributed by atoms with Crippen LogP contribution in [0, 0.1) is 5.82 Å². The molecule has 2 aliphatic heterocycles. The van der Waals surface area contributed by atoms with E-state index in [9.17, 15) is 14.3 Å². The second kappa shape index (κ2) is 10.2. The van der Waals surface area contributed by atoms with Crippen LogP contribution in [0.15, 0.2) is 42.6 Å². The third-order valence-electron chi connectivity index (χ3n) is 6.15. The maximum Gasteiger partial charge on any atom is 0.238 e. The number of rotatable bonds is 7. The van der Waals surface area contributed by atoms with E-state index in [-0.39, 0.29) is 30.4 Å². The zero-order chi connectivity index (χ0) is 21.6. The minimum Gasteiger partial charge on any atom is -0.396 e. The van der Waals surface area contributed by atoms with Gasteiger partial charge in [-0.05, 0) is 61.4 Å². The molecule has 0 aliphatic carbocycles. The third kappa shape index (κ3) is 5.39. The number of nitrogens with zero attached hydrogens (tertiary/aromatic N) is 2. The lowest BCUT2D eigenvalue weighted by Gasteiger charge is -2.36. The van der Waals surface area contributed by atoms with E-state index in [1.165, 1.54) is 18.6 Å². The highest BCUT2D eigenvalue weighted by Gasteiger charge is 2.30. The minimum atomic E-state index is -0.352. The fraction of sp³-hybridized carbons (Fsp3) is 0.478. The van der Waals surface area contributed by atoms with Crippen molar-refractivity contribution in [2.75, 3.05) is 18.1 Å². The summed E-state index contributed by atoms with van der Waals surface area (Å²) < 4.78 is 13.1. The molecule has 4 N–H and O–H groups in total. The summed E-state index contributed by atoms with van der Waals surface area (Å²) in [6.45, 7) is 1.56. The van der Waals surface area contributed by atoms with Gasteiger partial charge in [0, 0.05) is 38.0 Å². The molecule has 1 aromatic carbocycles. The molecule has 2 fully saturated rings. The Kier molecular flexibility index (Phi) is 7.11. The highest BCUT2D eigenvalue weighted by atomic mass is 19.1. The fourth-order valence-corrected chi connectivity index (χ4v) is 4.40. The molecule has 8 heteroatoms. The SMILES string of the molecule is O=C(NCc1ccc(N2CCCCC2CCO)nc1)C1CC(c2ccc(F)cc2)NN1. The van der Waals surface area contributed by atoms with E-state index in [0.717, 1.165) is 42.8 Å². The summed E-state index contributed by atoms with van der Waals surface area (Å²) in [5.74, 6) is 0.574. The van der Waals surface area contributed by atoms with Crippen LogP contribution in [-0.4, -0.2) is 41.2 Å². The number of amides is 1. The van der Waals surface area contributed by atoms with Gasteiger partial charge in [0.05, 0.1) is 0 Å². The predicted molar refractivity (Wildman–Crippen MR) is 117 cm³/mol. The first-order valence-corrected chi connectivity index (χ1v) is 11.0. The second-order valence-corrected chi connectivity index (χ2v) is 8.28. The molecule has 4 rings (SSSR count). The molecule has 166 valence electrons. The summed E-state index contributed by atoms with van der Waals surface area (Å²) in [5, 5.41) is 12.3. The van der Waals surface area contributed by atoms with Crippen LogP contribution in [0.5, 0.6) is 0 Å². The first kappa shape index (κ1) is 21.7. The predicted octanol–water partition coefficient (Wildman–Crippen LogP) is 2.19. The molecule has 0 spiro atoms. The van der Waals surface area contributed by atoms with Crippen molar-refractivity contribution in [3.8, 4) is 0 Å². The molecule has 0 saturated carbocycles. The van der Waals surface area contributed by atoms with E-state index in [1.807, 2.05) is 18.3 Å². The number of piperidine rings is 1. The largest absolute Gasteiger partial charge is 0.396 e. The Morgan fingerprint density at radius 2 is 2.03 bits per heavy atom. The molecule has 3 heterocycles. The lowest BCUT2D eigenvalue weighted by molar-refractivity contribution is -0.123. The number of aliphatic hydroxyl groups is 1. The number of anilines is 1. The molecular formula is C23H30FN5O2. The zero-order valence-electron chi connectivity index (χ0n) is 17.6. The summed E-state index contributed by atoms with van der Waals surface area (Å²) >= 11 is 0. The number of halogens is 1. The molecule has 1 aromatic heterocycles. The highest BCUT2D eigenvalue weighted by Crippen LogP contribution is 2.25. The number of aliphatic hydroxyl groups excluding tert-OH is 1. The van der Waals surface area contributed by atoms with Gasteiger partial charge in [-0.25, -0.2) is 20.2 Å². The molecular weight excluding hydrogens is 397 g/mol. The van der Waals surface area contributed by atoms with Crippen molar-refractivity contribution >= 4 is 11.7 Å². The molecule has 7 nitrogen and oxygen atoms in total. The second-order valence-electron chi connectivity index (χ2n) is 8.28. The summed E-state index contributed by atoms with van der Waals surface area (Å²) in [6.07, 6.45) is 6.58. The quantitative estimate of drug-likeness (QED) is 0.542. The number of hydrazine groups is 1. The zero-order valence-corrected chi connectivity index (χ0v) is 17.6. The highest BCUT2D eigenvalue weighted by molar-refractivity contribution is 5.82. The minimum absolute atomic E-state index is 0.0336. The third-order valence-corrected chi connectivity index (χ3v) is 6.15. The molecule has 2 saturated heterocycles. The van der Waals surface area contributed by atoms with Crippen molar-refractivity contribution in [2.24, 2.45) is 0 Å². The molecule has 0 bridgehead atoms. The normalized spacial score (nSPS) is 23.7. The average Bonchev–Trinajstić information content (AvgIpc) is 3.29. The van der Waals surface area contributed by atoms with E-state index in [0.29, 0.717) is 19.0 Å². The standard InChI is InChI=1S/C23H30FN5O2/c24-18-7-5-17(6-8-18)20-13-21(28-27-20)23(31)26-15-16-4-9-22(25-14-16)29-11-2-1-3-19(29)10-12-30/h4-9,14,19-21,27-28,30H,1-3,10-13,15H2,(H,26,31). The molecule has 3 atom stereocenters. The maximum atomic E-state index is 13.1. The number of carbonyl (C=O) groups is 1. The fourth-order valence-electron chi connectivity index (χ4n) is 4.40. The Hall–Kier alpha value is -2.55. The van der Waals surface area contributed by atoms with Crippen LogP contribution in [0.25, 0.3) is 0 Å². The van der Waals surface area contributed by atoms with Gasteiger partial charge >= 0.3 is 0 Å². The van der Waals surface area contributed by atoms with Gasteiger partial charge < -0.3 is 15.3 Å². The first-order valence-electron chi connectivity index (χ1n) is 11.0. The molecule has 3 unspecified atom stereocenters. The smallest absolute Gasteiger partial charge is 0.238 e. The van der Waals surface area contributed by atoms with Gasteiger partial charge in [0.25, 0.3) is 0 Å². The Morgan fingerprint density at radius 3 is 2.77 bits per heavy atom. The molecule has 2 aliphatic rings. The van der Waals surface area contributed by atoms with Crippen molar-refractivity contribution in [3.05, 3.63) is 59.5 Å². The number of carbonyl (C=O) groups excluding carboxylic acids is 1. The van der Waals surface area contributed by atoms with Crippen molar-refractivity contribution in [2.45, 2.75) is 56.8 Å². The van der Waals surface area contributed by atoms with Gasteiger partial charge in [-0.1, -0.05) is 18.2 Å². The first-order chi connectivity index (χ1) is 15.1. The molecule has 0 radical (unpaired) electrons. The number of pyridine rings is 1. The van der Waals surface area contributed by atoms with Crippen molar-refractivity contribution < 1.29 is 14.3 Å². The van der Waals surface area contributed by atoms with Crippen molar-refractivity contribution in [3.63, 3.8) is 0 Å². The van der Waals surface area contributed by atoms with Crippen molar-refractivity contribution in [1.82, 2.24) is 21.2 Å². The van der Waals surface area contributed by atoms with Gasteiger partial charge in [0.15, 0.2) is 0 Å². The van der Waals surface area contributed by atoms with Gasteiger partial charge in [-0.2, -0.15) is 0 Å². The van der Waals surface area contributed by atoms with E-state index in [2.05, 4.69) is 26.1 Å². The summed E-state index contributed by atoms with van der Waals surface area (Å²) in [5.41, 5.74) is 8.02. The monoisotopic (exact) mass is 427 g/mol. The number of nitrogens with one attached hydrogen (secondary N) is 3. The van der Waals surface area contributed by atoms with E-state index < -0.39 is 0 Å². The number of hydrogen-bond acceptors (Lipinski definition) is 6. The van der Waals surface area contributed by atoms with Gasteiger partial charge in [-0.3, -0.25) is 4.79 Å². The average molecular weight is 428 g/mol. The molecule has 1 amide bonds.